The smallest absolute Gasteiger partial charge is 0.211 e. The molecule has 1 saturated heterocycles. The Bertz CT molecular complexity index is 1010. The van der Waals surface area contributed by atoms with Gasteiger partial charge in [-0.25, -0.2) is 0 Å². The van der Waals surface area contributed by atoms with Crippen molar-refractivity contribution in [2.45, 2.75) is 48.8 Å². The number of rotatable bonds is 2. The lowest BCUT2D eigenvalue weighted by atomic mass is 9.49. The highest BCUT2D eigenvalue weighted by molar-refractivity contribution is 5.90. The monoisotopic (exact) mass is 323 g/mol. The van der Waals surface area contributed by atoms with Crippen molar-refractivity contribution in [3.05, 3.63) is 23.2 Å². The minimum atomic E-state index is -2.92. The molecular formula is C18H21NO4. The van der Waals surface area contributed by atoms with Gasteiger partial charge in [0.25, 0.3) is 0 Å². The summed E-state index contributed by atoms with van der Waals surface area (Å²) < 4.78 is 75.1. The van der Waals surface area contributed by atoms with Crippen molar-refractivity contribution in [1.82, 2.24) is 4.90 Å². The molecule has 0 radical (unpaired) electrons. The molecule has 5 nitrogen and oxygen atoms in total. The van der Waals surface area contributed by atoms with Crippen LogP contribution in [0.5, 0.6) is 11.5 Å². The van der Waals surface area contributed by atoms with Crippen LogP contribution in [0.1, 0.15) is 39.9 Å². The number of aliphatic hydroxyl groups is 1. The van der Waals surface area contributed by atoms with Crippen molar-refractivity contribution >= 4 is 5.78 Å². The number of piperidine rings is 1. The van der Waals surface area contributed by atoms with Crippen LogP contribution in [-0.4, -0.2) is 55.6 Å². The summed E-state index contributed by atoms with van der Waals surface area (Å²) >= 11 is 0. The molecule has 1 aromatic carbocycles. The zero-order chi connectivity index (χ0) is 22.7. The lowest BCUT2D eigenvalue weighted by Gasteiger charge is -2.62. The normalized spacial score (nSPS) is 48.3. The van der Waals surface area contributed by atoms with Gasteiger partial charge in [0.2, 0.25) is 1.43 Å². The minimum Gasteiger partial charge on any atom is -0.493 e. The molecule has 23 heavy (non-hydrogen) atoms. The topological polar surface area (TPSA) is 59.0 Å². The summed E-state index contributed by atoms with van der Waals surface area (Å²) in [6.07, 6.45) is -3.59. The number of carbonyl (C=O) groups is 1. The van der Waals surface area contributed by atoms with E-state index in [1.165, 1.54) is 0 Å². The van der Waals surface area contributed by atoms with Gasteiger partial charge in [-0.2, -0.15) is 0 Å². The highest BCUT2D eigenvalue weighted by Gasteiger charge is 2.72. The first-order valence-electron chi connectivity index (χ1n) is 11.6. The predicted octanol–water partition coefficient (Wildman–Crippen LogP) is 1.05. The average molecular weight is 323 g/mol. The molecular weight excluding hydrogens is 294 g/mol. The highest BCUT2D eigenvalue weighted by Crippen LogP contribution is 2.64. The molecule has 5 heteroatoms. The van der Waals surface area contributed by atoms with Crippen molar-refractivity contribution in [2.24, 2.45) is 0 Å². The first-order valence-corrected chi connectivity index (χ1v) is 7.72. The summed E-state index contributed by atoms with van der Waals surface area (Å²) in [5, 5.41) is 5.34. The molecule has 1 spiro atoms. The third-order valence-electron chi connectivity index (χ3n) is 6.14. The lowest BCUT2D eigenvalue weighted by molar-refractivity contribution is -0.185. The summed E-state index contributed by atoms with van der Waals surface area (Å²) in [6.45, 7) is 0.510. The number of hydrogen-bond acceptors (Lipinski definition) is 5. The Kier molecular flexibility index (Phi) is 1.42. The van der Waals surface area contributed by atoms with E-state index in [0.29, 0.717) is 17.7 Å². The number of Topliss-reactive ketones (excluding diaryl/α,β-unsaturated/α-hetero) is 1. The number of ketones is 1. The van der Waals surface area contributed by atoms with Crippen LogP contribution in [0.3, 0.4) is 0 Å². The minimum absolute atomic E-state index is 0.118. The standard InChI is InChI=1S/C18H21NO4/c1-19-8-7-17-14-10-3-4-12(22-2)15(14)23-16(17)11(20)5-6-18(17,21)13(19)9-10/h3-4,13,16,21H,5-9H2,1-2H3/t13-,16?,17+,18-/m1/s1/i2D3,3D,4D,5D2,21D. The highest BCUT2D eigenvalue weighted by atomic mass is 16.5. The van der Waals surface area contributed by atoms with E-state index in [0.717, 1.165) is 0 Å². The van der Waals surface area contributed by atoms with Crippen molar-refractivity contribution < 1.29 is 29.0 Å². The van der Waals surface area contributed by atoms with E-state index < -0.39 is 54.1 Å². The average Bonchev–Trinajstić information content (AvgIpc) is 3.01. The Morgan fingerprint density at radius 1 is 1.61 bits per heavy atom. The molecule has 4 aliphatic rings. The van der Waals surface area contributed by atoms with Crippen molar-refractivity contribution in [3.8, 4) is 11.5 Å². The van der Waals surface area contributed by atoms with E-state index in [2.05, 4.69) is 0 Å². The fraction of sp³-hybridized carbons (Fsp3) is 0.611. The number of likely N-dealkylation sites (tertiary alicyclic amines) is 1. The molecule has 1 unspecified atom stereocenters. The number of methoxy groups -OCH3 is 1. The third kappa shape index (κ3) is 1.32. The summed E-state index contributed by atoms with van der Waals surface area (Å²) in [5.41, 5.74) is -1.93. The molecule has 5 rings (SSSR count). The second-order valence-electron chi connectivity index (χ2n) is 6.89. The molecule has 1 N–H and O–H groups in total. The van der Waals surface area contributed by atoms with Crippen LogP contribution < -0.4 is 9.47 Å². The zero-order valence-electron chi connectivity index (χ0n) is 20.6. The Morgan fingerprint density at radius 3 is 3.35 bits per heavy atom. The van der Waals surface area contributed by atoms with Crippen LogP contribution in [0.4, 0.5) is 0 Å². The SMILES string of the molecule is [2H]O[C@@]12CC([2H])([2H])C(=O)C3Oc4c(OC([2H])([2H])[2H])c([2H])c([2H])c5c4[C@@]31CCN(C)[C@@H]2C5. The second kappa shape index (κ2) is 4.08. The number of carbonyl (C=O) groups excluding carboxylic acids is 1. The quantitative estimate of drug-likeness (QED) is 0.881. The maximum absolute atomic E-state index is 13.2. The van der Waals surface area contributed by atoms with Crippen molar-refractivity contribution in [3.63, 3.8) is 0 Å². The van der Waals surface area contributed by atoms with Crippen LogP contribution >= 0.6 is 0 Å². The Hall–Kier alpha value is -1.59. The number of nitrogens with zero attached hydrogens (tertiary/aromatic N) is 1. The van der Waals surface area contributed by atoms with Crippen LogP contribution in [0, 0.1) is 0 Å². The number of likely N-dealkylation sites (N-methyl/N-ethyl adjacent to an activating group) is 1. The van der Waals surface area contributed by atoms with Gasteiger partial charge in [-0.3, -0.25) is 4.79 Å². The van der Waals surface area contributed by atoms with Gasteiger partial charge in [0.1, 0.15) is 0 Å². The van der Waals surface area contributed by atoms with Crippen molar-refractivity contribution in [2.75, 3.05) is 20.6 Å². The lowest BCUT2D eigenvalue weighted by Crippen LogP contribution is -2.76. The van der Waals surface area contributed by atoms with E-state index in [-0.39, 0.29) is 31.1 Å². The molecule has 0 amide bonds. The van der Waals surface area contributed by atoms with Gasteiger partial charge in [-0.15, -0.1) is 0 Å². The summed E-state index contributed by atoms with van der Waals surface area (Å²) in [4.78, 5) is 15.1. The first kappa shape index (κ1) is 7.99. The Balaban J connectivity index is 1.88. The number of ether oxygens (including phenoxy) is 2. The van der Waals surface area contributed by atoms with Crippen LogP contribution in [-0.2, 0) is 16.6 Å². The molecule has 4 atom stereocenters. The molecule has 1 saturated carbocycles. The molecule has 2 heterocycles. The summed E-state index contributed by atoms with van der Waals surface area (Å²) in [5.74, 6) is -1.39. The molecule has 1 aromatic rings. The van der Waals surface area contributed by atoms with E-state index in [4.69, 9.17) is 25.6 Å². The van der Waals surface area contributed by atoms with Gasteiger partial charge in [-0.1, -0.05) is 6.04 Å². The Morgan fingerprint density at radius 2 is 2.52 bits per heavy atom. The van der Waals surface area contributed by atoms with Crippen molar-refractivity contribution in [1.29, 1.82) is 1.43 Å². The number of benzene rings is 1. The molecule has 0 aromatic heterocycles. The largest absolute Gasteiger partial charge is 0.493 e. The fourth-order valence-electron chi connectivity index (χ4n) is 5.10. The number of hydrogen-bond donors (Lipinski definition) is 1. The Labute approximate surface area is 146 Å². The van der Waals surface area contributed by atoms with Gasteiger partial charge in [0, 0.05) is 20.7 Å². The zero-order valence-corrected chi connectivity index (χ0v) is 12.6. The van der Waals surface area contributed by atoms with Gasteiger partial charge in [0.05, 0.1) is 24.9 Å². The van der Waals surface area contributed by atoms with E-state index in [1.54, 1.807) is 0 Å². The van der Waals surface area contributed by atoms with Gasteiger partial charge >= 0.3 is 0 Å². The van der Waals surface area contributed by atoms with Gasteiger partial charge in [-0.05, 0) is 44.5 Å². The summed E-state index contributed by atoms with van der Waals surface area (Å²) in [6, 6.07) is -1.21. The van der Waals surface area contributed by atoms with Crippen LogP contribution in [0.25, 0.3) is 0 Å². The van der Waals surface area contributed by atoms with Gasteiger partial charge < -0.3 is 19.5 Å². The molecule has 2 aliphatic heterocycles. The predicted molar refractivity (Wildman–Crippen MR) is 83.0 cm³/mol. The van der Waals surface area contributed by atoms with Gasteiger partial charge in [0.15, 0.2) is 23.4 Å². The van der Waals surface area contributed by atoms with E-state index in [1.807, 2.05) is 11.9 Å². The van der Waals surface area contributed by atoms with E-state index >= 15 is 0 Å². The second-order valence-corrected chi connectivity index (χ2v) is 6.89. The molecule has 2 fully saturated rings. The maximum atomic E-state index is 13.2. The first-order chi connectivity index (χ1) is 14.3. The van der Waals surface area contributed by atoms with Crippen LogP contribution in [0.2, 0.25) is 0 Å². The molecule has 2 aliphatic carbocycles. The van der Waals surface area contributed by atoms with Crippen LogP contribution in [0.15, 0.2) is 12.1 Å². The summed E-state index contributed by atoms with van der Waals surface area (Å²) in [7, 11) is -1.11. The fourth-order valence-corrected chi connectivity index (χ4v) is 5.10. The third-order valence-corrected chi connectivity index (χ3v) is 6.14. The maximum Gasteiger partial charge on any atom is 0.211 e. The molecule has 2 bridgehead atoms. The van der Waals surface area contributed by atoms with E-state index in [9.17, 15) is 4.79 Å². The molecule has 122 valence electrons.